The van der Waals surface area contributed by atoms with E-state index in [-0.39, 0.29) is 37.3 Å². The first-order valence-electron chi connectivity index (χ1n) is 9.65. The maximum Gasteiger partial charge on any atom is 0.305 e. The minimum atomic E-state index is -3.77. The van der Waals surface area contributed by atoms with E-state index in [9.17, 15) is 13.2 Å². The molecule has 0 atom stereocenters. The van der Waals surface area contributed by atoms with Crippen LogP contribution in [0.1, 0.15) is 57.4 Å². The standard InChI is InChI=1S/C20H32O6S/c1-3-4-5-6-7-8-9-20(21)25-16-14-24-15-17-26-27(22,23)19-12-10-18(2)11-13-19/h10-13H,3-9,14-17H2,1-2H3. The molecule has 0 aliphatic rings. The molecule has 7 heteroatoms. The molecular formula is C20H32O6S. The molecule has 1 aromatic rings. The SMILES string of the molecule is CCCCCCCCC(=O)OCCOCCOS(=O)(=O)c1ccc(C)cc1. The van der Waals surface area contributed by atoms with Crippen LogP contribution in [0.2, 0.25) is 0 Å². The maximum absolute atomic E-state index is 12.0. The van der Waals surface area contributed by atoms with Gasteiger partial charge < -0.3 is 9.47 Å². The number of esters is 1. The number of hydrogen-bond acceptors (Lipinski definition) is 6. The first kappa shape index (κ1) is 23.6. The van der Waals surface area contributed by atoms with E-state index in [1.165, 1.54) is 31.4 Å². The summed E-state index contributed by atoms with van der Waals surface area (Å²) >= 11 is 0. The molecule has 0 saturated carbocycles. The third kappa shape index (κ3) is 11.1. The van der Waals surface area contributed by atoms with E-state index in [2.05, 4.69) is 6.92 Å². The number of carbonyl (C=O) groups is 1. The Morgan fingerprint density at radius 1 is 0.889 bits per heavy atom. The van der Waals surface area contributed by atoms with Crippen molar-refractivity contribution in [3.05, 3.63) is 29.8 Å². The van der Waals surface area contributed by atoms with E-state index in [0.29, 0.717) is 6.42 Å². The van der Waals surface area contributed by atoms with Crippen LogP contribution in [-0.2, 0) is 28.6 Å². The van der Waals surface area contributed by atoms with Gasteiger partial charge in [-0.15, -0.1) is 0 Å². The molecule has 0 unspecified atom stereocenters. The topological polar surface area (TPSA) is 78.9 Å². The van der Waals surface area contributed by atoms with Crippen molar-refractivity contribution in [2.75, 3.05) is 26.4 Å². The van der Waals surface area contributed by atoms with E-state index in [1.54, 1.807) is 12.1 Å². The summed E-state index contributed by atoms with van der Waals surface area (Å²) in [5, 5.41) is 0. The molecule has 1 aromatic carbocycles. The summed E-state index contributed by atoms with van der Waals surface area (Å²) in [5.74, 6) is -0.215. The van der Waals surface area contributed by atoms with Crippen LogP contribution in [0.3, 0.4) is 0 Å². The molecule has 6 nitrogen and oxygen atoms in total. The van der Waals surface area contributed by atoms with Crippen molar-refractivity contribution in [1.82, 2.24) is 0 Å². The molecule has 0 bridgehead atoms. The Hall–Kier alpha value is -1.44. The summed E-state index contributed by atoms with van der Waals surface area (Å²) in [5.41, 5.74) is 0.975. The van der Waals surface area contributed by atoms with Gasteiger partial charge in [-0.3, -0.25) is 8.98 Å². The molecule has 27 heavy (non-hydrogen) atoms. The van der Waals surface area contributed by atoms with Gasteiger partial charge in [0.1, 0.15) is 6.61 Å². The highest BCUT2D eigenvalue weighted by Crippen LogP contribution is 2.13. The Balaban J connectivity index is 2.02. The molecule has 0 fully saturated rings. The molecule has 1 rings (SSSR count). The Labute approximate surface area is 163 Å². The first-order valence-corrected chi connectivity index (χ1v) is 11.1. The highest BCUT2D eigenvalue weighted by molar-refractivity contribution is 7.86. The Morgan fingerprint density at radius 3 is 2.22 bits per heavy atom. The predicted octanol–water partition coefficient (Wildman–Crippen LogP) is 4.01. The second-order valence-corrected chi connectivity index (χ2v) is 8.06. The van der Waals surface area contributed by atoms with Crippen LogP contribution in [0.5, 0.6) is 0 Å². The molecular weight excluding hydrogens is 368 g/mol. The minimum absolute atomic E-state index is 0.0814. The van der Waals surface area contributed by atoms with Crippen LogP contribution >= 0.6 is 0 Å². The van der Waals surface area contributed by atoms with Gasteiger partial charge in [0, 0.05) is 6.42 Å². The van der Waals surface area contributed by atoms with Crippen LogP contribution in [0.15, 0.2) is 29.2 Å². The van der Waals surface area contributed by atoms with Gasteiger partial charge in [-0.1, -0.05) is 56.7 Å². The lowest BCUT2D eigenvalue weighted by molar-refractivity contribution is -0.145. The molecule has 0 N–H and O–H groups in total. The summed E-state index contributed by atoms with van der Waals surface area (Å²) in [4.78, 5) is 11.7. The molecule has 0 heterocycles. The molecule has 0 aliphatic carbocycles. The molecule has 0 aliphatic heterocycles. The zero-order chi connectivity index (χ0) is 20.0. The lowest BCUT2D eigenvalue weighted by Gasteiger charge is -2.08. The van der Waals surface area contributed by atoms with Crippen molar-refractivity contribution >= 4 is 16.1 Å². The van der Waals surface area contributed by atoms with Crippen molar-refractivity contribution in [3.8, 4) is 0 Å². The maximum atomic E-state index is 12.0. The second kappa shape index (κ2) is 13.7. The predicted molar refractivity (Wildman–Crippen MR) is 104 cm³/mol. The fraction of sp³-hybridized carbons (Fsp3) is 0.650. The average Bonchev–Trinajstić information content (AvgIpc) is 2.64. The van der Waals surface area contributed by atoms with Gasteiger partial charge in [-0.25, -0.2) is 0 Å². The Kier molecular flexibility index (Phi) is 12.0. The van der Waals surface area contributed by atoms with Crippen molar-refractivity contribution in [2.45, 2.75) is 63.7 Å². The fourth-order valence-corrected chi connectivity index (χ4v) is 3.31. The van der Waals surface area contributed by atoms with E-state index in [4.69, 9.17) is 13.7 Å². The zero-order valence-corrected chi connectivity index (χ0v) is 17.3. The van der Waals surface area contributed by atoms with Gasteiger partial charge >= 0.3 is 5.97 Å². The van der Waals surface area contributed by atoms with Crippen LogP contribution < -0.4 is 0 Å². The van der Waals surface area contributed by atoms with Gasteiger partial charge in [0.2, 0.25) is 0 Å². The average molecular weight is 401 g/mol. The van der Waals surface area contributed by atoms with Crippen molar-refractivity contribution in [1.29, 1.82) is 0 Å². The summed E-state index contributed by atoms with van der Waals surface area (Å²) in [6, 6.07) is 6.45. The van der Waals surface area contributed by atoms with Gasteiger partial charge in [0.15, 0.2) is 0 Å². The van der Waals surface area contributed by atoms with Gasteiger partial charge in [0.05, 0.1) is 24.7 Å². The summed E-state index contributed by atoms with van der Waals surface area (Å²) in [6.45, 7) is 4.47. The minimum Gasteiger partial charge on any atom is -0.463 e. The smallest absolute Gasteiger partial charge is 0.305 e. The van der Waals surface area contributed by atoms with E-state index < -0.39 is 10.1 Å². The lowest BCUT2D eigenvalue weighted by atomic mass is 10.1. The van der Waals surface area contributed by atoms with E-state index >= 15 is 0 Å². The lowest BCUT2D eigenvalue weighted by Crippen LogP contribution is -2.15. The largest absolute Gasteiger partial charge is 0.463 e. The third-order valence-electron chi connectivity index (χ3n) is 4.00. The molecule has 154 valence electrons. The van der Waals surface area contributed by atoms with Crippen molar-refractivity contribution < 1.29 is 26.9 Å². The molecule has 0 amide bonds. The number of aryl methyl sites for hydroxylation is 1. The Bertz CT molecular complexity index is 624. The van der Waals surface area contributed by atoms with Gasteiger partial charge in [0.25, 0.3) is 10.1 Å². The number of hydrogen-bond donors (Lipinski definition) is 0. The van der Waals surface area contributed by atoms with Crippen LogP contribution in [-0.4, -0.2) is 40.8 Å². The zero-order valence-electron chi connectivity index (χ0n) is 16.4. The summed E-state index contributed by atoms with van der Waals surface area (Å²) in [7, 11) is -3.77. The highest BCUT2D eigenvalue weighted by atomic mass is 32.2. The quantitative estimate of drug-likeness (QED) is 0.251. The number of rotatable bonds is 15. The van der Waals surface area contributed by atoms with Gasteiger partial charge in [-0.05, 0) is 25.5 Å². The van der Waals surface area contributed by atoms with E-state index in [1.807, 2.05) is 6.92 Å². The Morgan fingerprint density at radius 2 is 1.52 bits per heavy atom. The van der Waals surface area contributed by atoms with Crippen LogP contribution in [0.4, 0.5) is 0 Å². The number of benzene rings is 1. The van der Waals surface area contributed by atoms with Crippen molar-refractivity contribution in [2.24, 2.45) is 0 Å². The van der Waals surface area contributed by atoms with Crippen LogP contribution in [0, 0.1) is 6.92 Å². The van der Waals surface area contributed by atoms with E-state index in [0.717, 1.165) is 24.8 Å². The third-order valence-corrected chi connectivity index (χ3v) is 5.33. The van der Waals surface area contributed by atoms with Gasteiger partial charge in [-0.2, -0.15) is 8.42 Å². The fourth-order valence-electron chi connectivity index (χ4n) is 2.41. The highest BCUT2D eigenvalue weighted by Gasteiger charge is 2.14. The first-order chi connectivity index (χ1) is 13.0. The normalized spacial score (nSPS) is 11.5. The number of ether oxygens (including phenoxy) is 2. The molecule has 0 spiro atoms. The summed E-state index contributed by atoms with van der Waals surface area (Å²) in [6.07, 6.45) is 7.19. The van der Waals surface area contributed by atoms with Crippen molar-refractivity contribution in [3.63, 3.8) is 0 Å². The molecule has 0 saturated heterocycles. The number of carbonyl (C=O) groups excluding carboxylic acids is 1. The second-order valence-electron chi connectivity index (χ2n) is 6.44. The van der Waals surface area contributed by atoms with Crippen LogP contribution in [0.25, 0.3) is 0 Å². The number of unbranched alkanes of at least 4 members (excludes halogenated alkanes) is 5. The molecule has 0 radical (unpaired) electrons. The summed E-state index contributed by atoms with van der Waals surface area (Å²) < 4.78 is 39.1. The molecule has 0 aromatic heterocycles. The monoisotopic (exact) mass is 400 g/mol.